The van der Waals surface area contributed by atoms with E-state index in [1.54, 1.807) is 42.5 Å². The van der Waals surface area contributed by atoms with Crippen molar-refractivity contribution in [1.29, 1.82) is 0 Å². The molecule has 0 atom stereocenters. The van der Waals surface area contributed by atoms with Gasteiger partial charge in [-0.05, 0) is 54.4 Å². The van der Waals surface area contributed by atoms with Crippen molar-refractivity contribution in [3.8, 4) is 22.9 Å². The van der Waals surface area contributed by atoms with E-state index in [9.17, 15) is 9.18 Å². The van der Waals surface area contributed by atoms with Crippen LogP contribution in [0.25, 0.3) is 11.3 Å². The molecule has 4 rings (SSSR count). The number of ether oxygens (including phenoxy) is 1. The van der Waals surface area contributed by atoms with Gasteiger partial charge in [0.05, 0.1) is 5.69 Å². The molecule has 0 saturated heterocycles. The van der Waals surface area contributed by atoms with Gasteiger partial charge in [0, 0.05) is 23.7 Å². The van der Waals surface area contributed by atoms with Gasteiger partial charge in [0.2, 0.25) is 5.88 Å². The van der Waals surface area contributed by atoms with Crippen molar-refractivity contribution in [1.82, 2.24) is 15.3 Å². The molecule has 0 aliphatic carbocycles. The molecule has 154 valence electrons. The Labute approximate surface area is 179 Å². The minimum atomic E-state index is -0.312. The first-order valence-electron chi connectivity index (χ1n) is 9.85. The van der Waals surface area contributed by atoms with Crippen LogP contribution >= 0.6 is 0 Å². The molecule has 0 radical (unpaired) electrons. The Kier molecular flexibility index (Phi) is 6.28. The number of hydrogen-bond acceptors (Lipinski definition) is 4. The first-order valence-corrected chi connectivity index (χ1v) is 9.85. The number of rotatable bonds is 7. The van der Waals surface area contributed by atoms with Crippen LogP contribution in [0.1, 0.15) is 15.9 Å². The first kappa shape index (κ1) is 20.2. The zero-order chi connectivity index (χ0) is 21.5. The van der Waals surface area contributed by atoms with Gasteiger partial charge < -0.3 is 10.1 Å². The van der Waals surface area contributed by atoms with Gasteiger partial charge in [-0.2, -0.15) is 0 Å². The molecular weight excluding hydrogens is 393 g/mol. The van der Waals surface area contributed by atoms with Crippen LogP contribution in [0.3, 0.4) is 0 Å². The average molecular weight is 413 g/mol. The predicted molar refractivity (Wildman–Crippen MR) is 116 cm³/mol. The molecule has 0 fully saturated rings. The number of hydrogen-bond donors (Lipinski definition) is 1. The Morgan fingerprint density at radius 3 is 2.52 bits per heavy atom. The van der Waals surface area contributed by atoms with E-state index in [1.165, 1.54) is 24.0 Å². The van der Waals surface area contributed by atoms with Gasteiger partial charge in [0.15, 0.2) is 0 Å². The Morgan fingerprint density at radius 2 is 1.71 bits per heavy atom. The summed E-state index contributed by atoms with van der Waals surface area (Å²) in [5.41, 5.74) is 3.03. The number of benzene rings is 3. The fourth-order valence-corrected chi connectivity index (χ4v) is 3.06. The third-order valence-corrected chi connectivity index (χ3v) is 4.64. The summed E-state index contributed by atoms with van der Waals surface area (Å²) < 4.78 is 19.0. The highest BCUT2D eigenvalue weighted by atomic mass is 19.1. The lowest BCUT2D eigenvalue weighted by atomic mass is 10.1. The summed E-state index contributed by atoms with van der Waals surface area (Å²) in [6.07, 6.45) is 2.14. The molecule has 31 heavy (non-hydrogen) atoms. The predicted octanol–water partition coefficient (Wildman–Crippen LogP) is 5.05. The summed E-state index contributed by atoms with van der Waals surface area (Å²) in [5, 5.41) is 2.92. The first-order chi connectivity index (χ1) is 15.2. The highest BCUT2D eigenvalue weighted by molar-refractivity contribution is 5.94. The molecule has 0 unspecified atom stereocenters. The molecule has 3 aromatic carbocycles. The van der Waals surface area contributed by atoms with Crippen LogP contribution in [-0.4, -0.2) is 22.4 Å². The van der Waals surface area contributed by atoms with Crippen molar-refractivity contribution in [2.24, 2.45) is 0 Å². The number of amides is 1. The molecule has 0 bridgehead atoms. The van der Waals surface area contributed by atoms with Crippen molar-refractivity contribution in [2.75, 3.05) is 6.54 Å². The molecular formula is C25H20FN3O2. The van der Waals surface area contributed by atoms with Gasteiger partial charge in [-0.3, -0.25) is 4.79 Å². The number of carbonyl (C=O) groups excluding carboxylic acids is 1. The second-order valence-corrected chi connectivity index (χ2v) is 6.87. The molecule has 1 heterocycles. The average Bonchev–Trinajstić information content (AvgIpc) is 2.80. The molecule has 0 aliphatic rings. The van der Waals surface area contributed by atoms with Gasteiger partial charge in [-0.15, -0.1) is 0 Å². The minimum absolute atomic E-state index is 0.170. The van der Waals surface area contributed by atoms with E-state index in [4.69, 9.17) is 4.74 Å². The molecule has 0 spiro atoms. The third kappa shape index (κ3) is 5.51. The van der Waals surface area contributed by atoms with Crippen molar-refractivity contribution in [2.45, 2.75) is 6.42 Å². The van der Waals surface area contributed by atoms with Crippen molar-refractivity contribution in [3.05, 3.63) is 108 Å². The Bertz CT molecular complexity index is 1160. The molecule has 6 heteroatoms. The van der Waals surface area contributed by atoms with Gasteiger partial charge >= 0.3 is 0 Å². The van der Waals surface area contributed by atoms with E-state index >= 15 is 0 Å². The van der Waals surface area contributed by atoms with E-state index < -0.39 is 0 Å². The summed E-state index contributed by atoms with van der Waals surface area (Å²) in [4.78, 5) is 20.8. The van der Waals surface area contributed by atoms with E-state index in [-0.39, 0.29) is 11.7 Å². The number of nitrogens with zero attached hydrogens (tertiary/aromatic N) is 2. The summed E-state index contributed by atoms with van der Waals surface area (Å²) >= 11 is 0. The van der Waals surface area contributed by atoms with Crippen molar-refractivity contribution < 1.29 is 13.9 Å². The molecule has 5 nitrogen and oxygen atoms in total. The maximum absolute atomic E-state index is 13.1. The summed E-state index contributed by atoms with van der Waals surface area (Å²) in [7, 11) is 0. The quantitative estimate of drug-likeness (QED) is 0.461. The Hall–Kier alpha value is -4.06. The van der Waals surface area contributed by atoms with E-state index in [0.717, 1.165) is 12.0 Å². The lowest BCUT2D eigenvalue weighted by Gasteiger charge is -2.09. The number of nitrogens with one attached hydrogen (secondary N) is 1. The summed E-state index contributed by atoms with van der Waals surface area (Å²) in [6, 6.07) is 24.6. The summed E-state index contributed by atoms with van der Waals surface area (Å²) in [5.74, 6) is 0.333. The van der Waals surface area contributed by atoms with E-state index in [0.29, 0.717) is 29.4 Å². The maximum Gasteiger partial charge on any atom is 0.251 e. The SMILES string of the molecule is O=C(NCCc1ccccc1)c1cccc(Oc2cc(-c3ccc(F)cc3)ncn2)c1. The van der Waals surface area contributed by atoms with Crippen molar-refractivity contribution >= 4 is 5.91 Å². The van der Waals surface area contributed by atoms with Gasteiger partial charge in [0.1, 0.15) is 17.9 Å². The van der Waals surface area contributed by atoms with Crippen LogP contribution in [0, 0.1) is 5.82 Å². The fourth-order valence-electron chi connectivity index (χ4n) is 3.06. The van der Waals surface area contributed by atoms with Crippen LogP contribution in [0.5, 0.6) is 11.6 Å². The van der Waals surface area contributed by atoms with Crippen LogP contribution in [0.15, 0.2) is 91.3 Å². The maximum atomic E-state index is 13.1. The second kappa shape index (κ2) is 9.63. The van der Waals surface area contributed by atoms with Gasteiger partial charge in [0.25, 0.3) is 5.91 Å². The van der Waals surface area contributed by atoms with Gasteiger partial charge in [-0.1, -0.05) is 36.4 Å². The van der Waals surface area contributed by atoms with Crippen LogP contribution < -0.4 is 10.1 Å². The fraction of sp³-hybridized carbons (Fsp3) is 0.0800. The molecule has 4 aromatic rings. The molecule has 1 N–H and O–H groups in total. The lowest BCUT2D eigenvalue weighted by molar-refractivity contribution is 0.0954. The molecule has 1 amide bonds. The smallest absolute Gasteiger partial charge is 0.251 e. The highest BCUT2D eigenvalue weighted by Crippen LogP contribution is 2.24. The Balaban J connectivity index is 1.41. The second-order valence-electron chi connectivity index (χ2n) is 6.87. The normalized spacial score (nSPS) is 10.5. The van der Waals surface area contributed by atoms with Crippen LogP contribution in [0.4, 0.5) is 4.39 Å². The van der Waals surface area contributed by atoms with Crippen LogP contribution in [-0.2, 0) is 6.42 Å². The van der Waals surface area contributed by atoms with Crippen molar-refractivity contribution in [3.63, 3.8) is 0 Å². The zero-order valence-corrected chi connectivity index (χ0v) is 16.7. The highest BCUT2D eigenvalue weighted by Gasteiger charge is 2.09. The Morgan fingerprint density at radius 1 is 0.903 bits per heavy atom. The van der Waals surface area contributed by atoms with E-state index in [2.05, 4.69) is 15.3 Å². The van der Waals surface area contributed by atoms with Gasteiger partial charge in [-0.25, -0.2) is 14.4 Å². The topological polar surface area (TPSA) is 64.1 Å². The molecule has 0 aliphatic heterocycles. The largest absolute Gasteiger partial charge is 0.439 e. The standard InChI is InChI=1S/C25H20FN3O2/c26-21-11-9-19(10-12-21)23-16-24(29-17-28-23)31-22-8-4-7-20(15-22)25(30)27-14-13-18-5-2-1-3-6-18/h1-12,15-17H,13-14H2,(H,27,30). The third-order valence-electron chi connectivity index (χ3n) is 4.64. The lowest BCUT2D eigenvalue weighted by Crippen LogP contribution is -2.25. The number of halogens is 1. The van der Waals surface area contributed by atoms with Crippen LogP contribution in [0.2, 0.25) is 0 Å². The number of carbonyl (C=O) groups is 1. The minimum Gasteiger partial charge on any atom is -0.439 e. The number of aromatic nitrogens is 2. The monoisotopic (exact) mass is 413 g/mol. The molecule has 1 aromatic heterocycles. The molecule has 0 saturated carbocycles. The van der Waals surface area contributed by atoms with E-state index in [1.807, 2.05) is 30.3 Å². The summed E-state index contributed by atoms with van der Waals surface area (Å²) in [6.45, 7) is 0.543. The zero-order valence-electron chi connectivity index (χ0n) is 16.7.